The molecule has 11 nitrogen and oxygen atoms in total. The molecule has 1 fully saturated rings. The van der Waals surface area contributed by atoms with Gasteiger partial charge in [-0.3, -0.25) is 19.3 Å². The van der Waals surface area contributed by atoms with Crippen LogP contribution in [0.1, 0.15) is 83.4 Å². The number of carbonyl (C=O) groups is 3. The number of aliphatic hydroxyl groups is 2. The summed E-state index contributed by atoms with van der Waals surface area (Å²) in [6.45, 7) is 14.7. The molecule has 3 heterocycles. The van der Waals surface area contributed by atoms with Crippen LogP contribution in [-0.2, 0) is 37.7 Å². The zero-order valence-electron chi connectivity index (χ0n) is 38.2. The second-order valence-corrected chi connectivity index (χ2v) is 21.8. The molecule has 0 aromatic heterocycles. The molecule has 0 aliphatic carbocycles. The van der Waals surface area contributed by atoms with Crippen LogP contribution < -0.4 is 19.9 Å². The van der Waals surface area contributed by atoms with Gasteiger partial charge in [-0.2, -0.15) is 0 Å². The van der Waals surface area contributed by atoms with E-state index in [-0.39, 0.29) is 57.0 Å². The number of hydrogen-bond donors (Lipinski definition) is 3. The van der Waals surface area contributed by atoms with E-state index in [0.29, 0.717) is 60.8 Å². The minimum Gasteiger partial charge on any atom is -0.494 e. The number of amides is 3. The van der Waals surface area contributed by atoms with Crippen molar-refractivity contribution in [3.8, 4) is 5.75 Å². The summed E-state index contributed by atoms with van der Waals surface area (Å²) < 4.78 is 29.9. The summed E-state index contributed by atoms with van der Waals surface area (Å²) in [5.41, 5.74) is 4.19. The lowest BCUT2D eigenvalue weighted by Gasteiger charge is -2.36. The van der Waals surface area contributed by atoms with Crippen molar-refractivity contribution >= 4 is 43.2 Å². The Morgan fingerprint density at radius 2 is 1.76 bits per heavy atom. The van der Waals surface area contributed by atoms with Crippen molar-refractivity contribution in [2.45, 2.75) is 116 Å². The number of fused-ring (bicyclic) bond motifs is 3. The maximum atomic E-state index is 16.9. The minimum atomic E-state index is -3.65. The van der Waals surface area contributed by atoms with Gasteiger partial charge < -0.3 is 38.9 Å². The van der Waals surface area contributed by atoms with Gasteiger partial charge in [0, 0.05) is 49.0 Å². The number of carbonyl (C=O) groups excluding carboxylic acids is 3. The summed E-state index contributed by atoms with van der Waals surface area (Å²) >= 11 is 0. The van der Waals surface area contributed by atoms with E-state index in [4.69, 9.17) is 9.47 Å². The number of ether oxygens (including phenoxy) is 2. The highest BCUT2D eigenvalue weighted by Gasteiger charge is 2.67. The van der Waals surface area contributed by atoms with Gasteiger partial charge in [0.1, 0.15) is 5.75 Å². The maximum Gasteiger partial charge on any atom is 0.264 e. The van der Waals surface area contributed by atoms with Crippen LogP contribution in [0.2, 0.25) is 18.6 Å². The molecule has 3 aliphatic heterocycles. The van der Waals surface area contributed by atoms with Gasteiger partial charge in [-0.1, -0.05) is 60.6 Å². The molecule has 13 heteroatoms. The smallest absolute Gasteiger partial charge is 0.264 e. The van der Waals surface area contributed by atoms with E-state index in [9.17, 15) is 19.8 Å². The van der Waals surface area contributed by atoms with Gasteiger partial charge in [0.2, 0.25) is 20.2 Å². The highest BCUT2D eigenvalue weighted by molar-refractivity contribution is 6.72. The SMILES string of the molecule is CCOc1ccc2c(c1)CC(NCCCCO)C(=O)N2c1ccc2c(c1)[C@@]1(O[C@H](CC(=O)N(CCO)Cc3ccccc3)[C@@H]([Si](C)(C)F)[C@@H]1C)C(=O)N2C/C=C(\C)CCC=C(C)C. The van der Waals surface area contributed by atoms with Crippen LogP contribution in [-0.4, -0.2) is 92.8 Å². The van der Waals surface area contributed by atoms with Crippen LogP contribution in [0.4, 0.5) is 21.2 Å². The second kappa shape index (κ2) is 20.9. The van der Waals surface area contributed by atoms with Crippen molar-refractivity contribution in [2.24, 2.45) is 5.92 Å². The summed E-state index contributed by atoms with van der Waals surface area (Å²) in [5, 5.41) is 22.8. The average Bonchev–Trinajstić information content (AvgIpc) is 3.67. The van der Waals surface area contributed by atoms with E-state index in [2.05, 4.69) is 38.2 Å². The molecule has 63 heavy (non-hydrogen) atoms. The van der Waals surface area contributed by atoms with Gasteiger partial charge >= 0.3 is 0 Å². The molecule has 3 aliphatic rings. The summed E-state index contributed by atoms with van der Waals surface area (Å²) in [5.74, 6) is -0.753. The molecule has 3 aromatic rings. The highest BCUT2D eigenvalue weighted by atomic mass is 28.4. The first-order valence-corrected chi connectivity index (χ1v) is 25.6. The Morgan fingerprint density at radius 3 is 2.44 bits per heavy atom. The van der Waals surface area contributed by atoms with Crippen molar-refractivity contribution in [3.63, 3.8) is 0 Å². The van der Waals surface area contributed by atoms with Crippen LogP contribution in [0.25, 0.3) is 0 Å². The number of anilines is 3. The first-order chi connectivity index (χ1) is 30.1. The van der Waals surface area contributed by atoms with Crippen LogP contribution in [0, 0.1) is 5.92 Å². The summed E-state index contributed by atoms with van der Waals surface area (Å²) in [7, 11) is -3.65. The number of allylic oxidation sites excluding steroid dienone is 3. The Labute approximate surface area is 374 Å². The summed E-state index contributed by atoms with van der Waals surface area (Å²) in [6.07, 6.45) is 6.61. The average molecular weight is 883 g/mol. The number of rotatable bonds is 20. The van der Waals surface area contributed by atoms with E-state index >= 15 is 8.90 Å². The number of halogens is 1. The van der Waals surface area contributed by atoms with E-state index in [1.54, 1.807) is 27.8 Å². The first-order valence-electron chi connectivity index (χ1n) is 22.6. The minimum absolute atomic E-state index is 0.0674. The number of benzene rings is 3. The lowest BCUT2D eigenvalue weighted by Crippen LogP contribution is -2.49. The molecule has 0 radical (unpaired) electrons. The van der Waals surface area contributed by atoms with Crippen molar-refractivity contribution in [1.82, 2.24) is 10.2 Å². The fraction of sp³-hybridized carbons (Fsp3) is 0.500. The molecular formula is C50H67FN4O7Si. The molecule has 0 saturated carbocycles. The van der Waals surface area contributed by atoms with Crippen LogP contribution in [0.15, 0.2) is 90.0 Å². The van der Waals surface area contributed by atoms with Gasteiger partial charge in [0.05, 0.1) is 43.2 Å². The molecule has 1 unspecified atom stereocenters. The monoisotopic (exact) mass is 882 g/mol. The van der Waals surface area contributed by atoms with Gasteiger partial charge in [-0.05, 0) is 127 Å². The molecular weight excluding hydrogens is 816 g/mol. The molecule has 3 N–H and O–H groups in total. The van der Waals surface area contributed by atoms with E-state index in [1.165, 1.54) is 5.57 Å². The predicted molar refractivity (Wildman–Crippen MR) is 249 cm³/mol. The third-order valence-electron chi connectivity index (χ3n) is 12.8. The molecule has 5 atom stereocenters. The molecule has 0 bridgehead atoms. The van der Waals surface area contributed by atoms with Crippen LogP contribution in [0.5, 0.6) is 5.75 Å². The normalized spacial score (nSPS) is 22.1. The number of unbranched alkanes of at least 4 members (excludes halogenated alkanes) is 1. The van der Waals surface area contributed by atoms with E-state index in [1.807, 2.05) is 80.6 Å². The lowest BCUT2D eigenvalue weighted by atomic mass is 9.82. The molecule has 6 rings (SSSR count). The molecule has 340 valence electrons. The maximum absolute atomic E-state index is 16.9. The van der Waals surface area contributed by atoms with Gasteiger partial charge in [0.25, 0.3) is 5.91 Å². The largest absolute Gasteiger partial charge is 0.494 e. The van der Waals surface area contributed by atoms with Crippen LogP contribution >= 0.6 is 0 Å². The zero-order valence-corrected chi connectivity index (χ0v) is 39.2. The third kappa shape index (κ3) is 10.5. The van der Waals surface area contributed by atoms with Gasteiger partial charge in [-0.15, -0.1) is 0 Å². The van der Waals surface area contributed by atoms with Gasteiger partial charge in [0.15, 0.2) is 5.60 Å². The zero-order chi connectivity index (χ0) is 45.5. The Balaban J connectivity index is 1.44. The van der Waals surface area contributed by atoms with Crippen molar-refractivity contribution in [3.05, 3.63) is 107 Å². The highest BCUT2D eigenvalue weighted by Crippen LogP contribution is 2.61. The Bertz CT molecular complexity index is 2160. The quantitative estimate of drug-likeness (QED) is 0.0448. The predicted octanol–water partition coefficient (Wildman–Crippen LogP) is 8.26. The van der Waals surface area contributed by atoms with E-state index in [0.717, 1.165) is 29.5 Å². The molecule has 1 spiro atoms. The Hall–Kier alpha value is -4.66. The summed E-state index contributed by atoms with van der Waals surface area (Å²) in [6, 6.07) is 20.2. The van der Waals surface area contributed by atoms with Crippen molar-refractivity contribution in [2.75, 3.05) is 49.3 Å². The Morgan fingerprint density at radius 1 is 1.02 bits per heavy atom. The number of nitrogens with one attached hydrogen (secondary N) is 1. The Kier molecular flexibility index (Phi) is 15.9. The standard InChI is InChI=1S/C50H67FN4O7Si/c1-8-61-40-20-22-43-38(29-40)30-42(52-24-12-13-27-56)48(59)55(43)39-19-21-44-41(31-39)50(49(60)54(44)25-23-35(4)16-14-15-34(2)3)36(5)47(63(6,7)51)45(62-50)32-46(58)53(26-28-57)33-37-17-10-9-11-18-37/h9-11,15,17-23,29,31,36,42,45,47,52,56-57H,8,12-14,16,24-28,30,32-33H2,1-7H3/b35-23+/t36-,42?,45+,47-,50+/m0/s1. The first kappa shape index (κ1) is 47.8. The number of nitrogens with zero attached hydrogens (tertiary/aromatic N) is 3. The van der Waals surface area contributed by atoms with Crippen molar-refractivity contribution in [1.29, 1.82) is 0 Å². The lowest BCUT2D eigenvalue weighted by molar-refractivity contribution is -0.149. The number of hydrogen-bond acceptors (Lipinski definition) is 8. The topological polar surface area (TPSA) is 132 Å². The van der Waals surface area contributed by atoms with E-state index < -0.39 is 37.6 Å². The molecule has 3 aromatic carbocycles. The van der Waals surface area contributed by atoms with Crippen LogP contribution in [0.3, 0.4) is 0 Å². The molecule has 1 saturated heterocycles. The second-order valence-electron chi connectivity index (χ2n) is 18.0. The fourth-order valence-electron chi connectivity index (χ4n) is 9.73. The fourth-order valence-corrected chi connectivity index (χ4v) is 12.2. The number of aliphatic hydroxyl groups excluding tert-OH is 2. The molecule has 3 amide bonds. The summed E-state index contributed by atoms with van der Waals surface area (Å²) in [4.78, 5) is 49.2. The third-order valence-corrected chi connectivity index (χ3v) is 15.2. The van der Waals surface area contributed by atoms with Crippen molar-refractivity contribution < 1.29 is 38.2 Å². The van der Waals surface area contributed by atoms with Gasteiger partial charge in [-0.25, -0.2) is 0 Å².